The highest BCUT2D eigenvalue weighted by atomic mass is 32.2. The van der Waals surface area contributed by atoms with Crippen molar-refractivity contribution in [3.05, 3.63) is 41.9 Å². The molecule has 0 saturated carbocycles. The number of hydrogen-bond donors (Lipinski definition) is 0. The van der Waals surface area contributed by atoms with Crippen LogP contribution in [0.15, 0.2) is 35.5 Å². The van der Waals surface area contributed by atoms with Crippen LogP contribution in [0.3, 0.4) is 0 Å². The first kappa shape index (κ1) is 19.4. The minimum absolute atomic E-state index is 0.00566. The van der Waals surface area contributed by atoms with Gasteiger partial charge in [-0.2, -0.15) is 18.3 Å². The third-order valence-corrected chi connectivity index (χ3v) is 6.49. The number of aromatic nitrogens is 5. The Morgan fingerprint density at radius 2 is 1.90 bits per heavy atom. The highest BCUT2D eigenvalue weighted by Gasteiger charge is 2.34. The minimum atomic E-state index is -4.61. The molecule has 0 spiro atoms. The second-order valence-electron chi connectivity index (χ2n) is 6.67. The van der Waals surface area contributed by atoms with Gasteiger partial charge in [-0.05, 0) is 30.7 Å². The van der Waals surface area contributed by atoms with Crippen molar-refractivity contribution in [3.63, 3.8) is 0 Å². The molecule has 0 aliphatic carbocycles. The minimum Gasteiger partial charge on any atom is -0.324 e. The van der Waals surface area contributed by atoms with Crippen molar-refractivity contribution in [2.24, 2.45) is 7.05 Å². The van der Waals surface area contributed by atoms with E-state index in [1.807, 2.05) is 6.92 Å². The van der Waals surface area contributed by atoms with Crippen LogP contribution in [0.5, 0.6) is 0 Å². The number of nitrogens with zero attached hydrogens (tertiary/aromatic N) is 5. The first-order chi connectivity index (χ1) is 13.5. The zero-order chi connectivity index (χ0) is 21.1. The highest BCUT2D eigenvalue weighted by molar-refractivity contribution is 7.91. The van der Waals surface area contributed by atoms with Crippen molar-refractivity contribution < 1.29 is 21.6 Å². The molecule has 0 atom stereocenters. The van der Waals surface area contributed by atoms with Gasteiger partial charge in [0, 0.05) is 13.2 Å². The van der Waals surface area contributed by atoms with Crippen LogP contribution in [0.25, 0.3) is 28.1 Å². The van der Waals surface area contributed by atoms with Gasteiger partial charge in [-0.25, -0.2) is 22.9 Å². The number of hydrogen-bond acceptors (Lipinski definition) is 5. The molecule has 0 fully saturated rings. The van der Waals surface area contributed by atoms with Gasteiger partial charge < -0.3 is 4.57 Å². The Hall–Kier alpha value is -2.95. The second kappa shape index (κ2) is 6.28. The van der Waals surface area contributed by atoms with Gasteiger partial charge in [0.15, 0.2) is 15.7 Å². The third kappa shape index (κ3) is 3.05. The van der Waals surface area contributed by atoms with Gasteiger partial charge in [0.2, 0.25) is 0 Å². The Morgan fingerprint density at radius 1 is 1.17 bits per heavy atom. The average Bonchev–Trinajstić information content (AvgIpc) is 3.18. The van der Waals surface area contributed by atoms with E-state index in [0.717, 1.165) is 17.8 Å². The van der Waals surface area contributed by atoms with E-state index < -0.39 is 21.7 Å². The summed E-state index contributed by atoms with van der Waals surface area (Å²) in [6.45, 7) is 3.35. The van der Waals surface area contributed by atoms with E-state index in [4.69, 9.17) is 0 Å². The van der Waals surface area contributed by atoms with Crippen molar-refractivity contribution in [3.8, 4) is 11.5 Å². The van der Waals surface area contributed by atoms with Crippen LogP contribution in [0, 0.1) is 6.92 Å². The van der Waals surface area contributed by atoms with E-state index >= 15 is 0 Å². The molecule has 0 aromatic carbocycles. The molecule has 0 N–H and O–H groups in total. The molecule has 0 aliphatic heterocycles. The lowest BCUT2D eigenvalue weighted by Crippen LogP contribution is -2.07. The van der Waals surface area contributed by atoms with E-state index in [-0.39, 0.29) is 27.7 Å². The van der Waals surface area contributed by atoms with Crippen LogP contribution >= 0.6 is 0 Å². The molecule has 0 saturated heterocycles. The molecule has 7 nitrogen and oxygen atoms in total. The Labute approximate surface area is 163 Å². The largest absolute Gasteiger partial charge is 0.433 e. The van der Waals surface area contributed by atoms with Crippen molar-refractivity contribution in [2.75, 3.05) is 5.75 Å². The SMILES string of the molecule is CCS(=O)(=O)c1c(-c2nc3cc(C(F)(F)F)ncc3n2C)nn2ccc(C)cc12. The van der Waals surface area contributed by atoms with Gasteiger partial charge >= 0.3 is 6.18 Å². The van der Waals surface area contributed by atoms with Crippen LogP contribution in [0.1, 0.15) is 18.2 Å². The summed E-state index contributed by atoms with van der Waals surface area (Å²) in [5.41, 5.74) is 0.647. The average molecular weight is 423 g/mol. The summed E-state index contributed by atoms with van der Waals surface area (Å²) in [7, 11) is -2.11. The molecular weight excluding hydrogens is 407 g/mol. The van der Waals surface area contributed by atoms with Crippen LogP contribution < -0.4 is 0 Å². The van der Waals surface area contributed by atoms with E-state index in [0.29, 0.717) is 11.0 Å². The maximum absolute atomic E-state index is 13.0. The molecule has 0 unspecified atom stereocenters. The normalized spacial score (nSPS) is 12.9. The second-order valence-corrected chi connectivity index (χ2v) is 8.88. The fourth-order valence-electron chi connectivity index (χ4n) is 3.18. The molecule has 152 valence electrons. The predicted octanol–water partition coefficient (Wildman–Crippen LogP) is 3.40. The summed E-state index contributed by atoms with van der Waals surface area (Å²) >= 11 is 0. The molecule has 4 aromatic heterocycles. The molecule has 0 bridgehead atoms. The number of halogens is 3. The zero-order valence-electron chi connectivity index (χ0n) is 15.7. The van der Waals surface area contributed by atoms with Gasteiger partial charge in [-0.15, -0.1) is 0 Å². The van der Waals surface area contributed by atoms with Gasteiger partial charge in [0.1, 0.15) is 16.3 Å². The molecule has 0 aliphatic rings. The van der Waals surface area contributed by atoms with Crippen molar-refractivity contribution in [2.45, 2.75) is 24.9 Å². The number of rotatable bonds is 3. The number of alkyl halides is 3. The van der Waals surface area contributed by atoms with Crippen LogP contribution in [-0.4, -0.2) is 38.3 Å². The van der Waals surface area contributed by atoms with Gasteiger partial charge in [0.25, 0.3) is 0 Å². The molecule has 4 aromatic rings. The smallest absolute Gasteiger partial charge is 0.324 e. The summed E-state index contributed by atoms with van der Waals surface area (Å²) in [5.74, 6) is -0.00607. The monoisotopic (exact) mass is 423 g/mol. The Kier molecular flexibility index (Phi) is 4.19. The quantitative estimate of drug-likeness (QED) is 0.504. The first-order valence-electron chi connectivity index (χ1n) is 8.64. The number of pyridine rings is 2. The van der Waals surface area contributed by atoms with Crippen LogP contribution in [-0.2, 0) is 23.1 Å². The molecule has 29 heavy (non-hydrogen) atoms. The Bertz CT molecular complexity index is 1370. The lowest BCUT2D eigenvalue weighted by molar-refractivity contribution is -0.141. The molecular formula is C18H16F3N5O2S. The van der Waals surface area contributed by atoms with Crippen LogP contribution in [0.4, 0.5) is 13.2 Å². The Balaban J connectivity index is 2.06. The molecule has 4 rings (SSSR count). The summed E-state index contributed by atoms with van der Waals surface area (Å²) < 4.78 is 67.6. The topological polar surface area (TPSA) is 82.1 Å². The maximum Gasteiger partial charge on any atom is 0.433 e. The lowest BCUT2D eigenvalue weighted by atomic mass is 10.2. The number of imidazole rings is 1. The number of sulfone groups is 1. The predicted molar refractivity (Wildman–Crippen MR) is 100 cm³/mol. The van der Waals surface area contributed by atoms with Gasteiger partial charge in [0.05, 0.1) is 28.5 Å². The molecule has 4 heterocycles. The highest BCUT2D eigenvalue weighted by Crippen LogP contribution is 2.34. The van der Waals surface area contributed by atoms with Gasteiger partial charge in [-0.3, -0.25) is 0 Å². The Morgan fingerprint density at radius 3 is 2.55 bits per heavy atom. The number of fused-ring (bicyclic) bond motifs is 2. The third-order valence-electron chi connectivity index (χ3n) is 4.71. The fraction of sp³-hybridized carbons (Fsp3) is 0.278. The fourth-order valence-corrected chi connectivity index (χ4v) is 4.37. The number of aryl methyl sites for hydroxylation is 2. The van der Waals surface area contributed by atoms with Crippen molar-refractivity contribution in [1.82, 2.24) is 24.1 Å². The molecule has 0 amide bonds. The molecule has 11 heteroatoms. The summed E-state index contributed by atoms with van der Waals surface area (Å²) in [6.07, 6.45) is -1.90. The van der Waals surface area contributed by atoms with E-state index in [2.05, 4.69) is 15.1 Å². The standard InChI is InChI=1S/C18H16F3N5O2S/c1-4-29(27,28)16-12-7-10(2)5-6-26(12)24-15(16)17-23-11-8-14(18(19,20)21)22-9-13(11)25(17)3/h5-9H,4H2,1-3H3. The van der Waals surface area contributed by atoms with E-state index in [9.17, 15) is 21.6 Å². The molecule has 0 radical (unpaired) electrons. The summed E-state index contributed by atoms with van der Waals surface area (Å²) in [6, 6.07) is 4.32. The van der Waals surface area contributed by atoms with Gasteiger partial charge in [-0.1, -0.05) is 6.92 Å². The zero-order valence-corrected chi connectivity index (χ0v) is 16.5. The lowest BCUT2D eigenvalue weighted by Gasteiger charge is -2.05. The summed E-state index contributed by atoms with van der Waals surface area (Å²) in [5, 5.41) is 4.38. The van der Waals surface area contributed by atoms with Crippen molar-refractivity contribution >= 4 is 26.4 Å². The first-order valence-corrected chi connectivity index (χ1v) is 10.3. The van der Waals surface area contributed by atoms with Crippen molar-refractivity contribution in [1.29, 1.82) is 0 Å². The maximum atomic E-state index is 13.0. The van der Waals surface area contributed by atoms with E-state index in [1.54, 1.807) is 25.4 Å². The summed E-state index contributed by atoms with van der Waals surface area (Å²) in [4.78, 5) is 7.73. The van der Waals surface area contributed by atoms with Crippen LogP contribution in [0.2, 0.25) is 0 Å². The van der Waals surface area contributed by atoms with E-state index in [1.165, 1.54) is 16.0 Å².